The van der Waals surface area contributed by atoms with E-state index in [2.05, 4.69) is 4.72 Å². The molecule has 4 rings (SSSR count). The molecular formula is C21H22N2O6S2. The Hall–Kier alpha value is -2.82. The van der Waals surface area contributed by atoms with E-state index in [-0.39, 0.29) is 10.8 Å². The van der Waals surface area contributed by atoms with E-state index < -0.39 is 10.0 Å². The van der Waals surface area contributed by atoms with Crippen LogP contribution >= 0.6 is 11.3 Å². The molecule has 1 N–H and O–H groups in total. The largest absolute Gasteiger partial charge is 0.493 e. The molecule has 0 aliphatic carbocycles. The minimum absolute atomic E-state index is 0.0306. The van der Waals surface area contributed by atoms with Crippen LogP contribution in [0.15, 0.2) is 47.4 Å². The zero-order chi connectivity index (χ0) is 22.0. The van der Waals surface area contributed by atoms with Crippen LogP contribution in [0.1, 0.15) is 9.67 Å². The van der Waals surface area contributed by atoms with Crippen LogP contribution in [-0.4, -0.2) is 59.7 Å². The summed E-state index contributed by atoms with van der Waals surface area (Å²) in [5.41, 5.74) is 0.408. The highest BCUT2D eigenvalue weighted by atomic mass is 32.2. The summed E-state index contributed by atoms with van der Waals surface area (Å²) in [4.78, 5) is 15.2. The van der Waals surface area contributed by atoms with Crippen molar-refractivity contribution in [1.82, 2.24) is 4.90 Å². The number of amides is 1. The van der Waals surface area contributed by atoms with Crippen LogP contribution in [0.4, 0.5) is 5.69 Å². The molecule has 8 nitrogen and oxygen atoms in total. The average molecular weight is 463 g/mol. The molecule has 10 heteroatoms. The van der Waals surface area contributed by atoms with Gasteiger partial charge in [0.25, 0.3) is 15.9 Å². The molecule has 2 heterocycles. The number of hydrogen-bond acceptors (Lipinski definition) is 7. The molecule has 164 valence electrons. The van der Waals surface area contributed by atoms with Gasteiger partial charge in [-0.15, -0.1) is 11.3 Å². The molecule has 3 aromatic rings. The molecule has 1 saturated heterocycles. The van der Waals surface area contributed by atoms with Crippen LogP contribution in [0, 0.1) is 0 Å². The van der Waals surface area contributed by atoms with Gasteiger partial charge in [-0.1, -0.05) is 0 Å². The van der Waals surface area contributed by atoms with E-state index in [1.54, 1.807) is 29.2 Å². The number of methoxy groups -OCH3 is 2. The molecule has 0 spiro atoms. The number of hydrogen-bond donors (Lipinski definition) is 1. The molecule has 0 bridgehead atoms. The summed E-state index contributed by atoms with van der Waals surface area (Å²) in [6.45, 7) is 2.23. The van der Waals surface area contributed by atoms with E-state index in [0.29, 0.717) is 48.4 Å². The number of carbonyl (C=O) groups is 1. The summed E-state index contributed by atoms with van der Waals surface area (Å²) in [5, 5.41) is 0.800. The molecular weight excluding hydrogens is 440 g/mol. The maximum absolute atomic E-state index is 12.8. The molecule has 1 fully saturated rings. The fraction of sp³-hybridized carbons (Fsp3) is 0.286. The Kier molecular flexibility index (Phi) is 6.03. The number of thiophene rings is 1. The van der Waals surface area contributed by atoms with E-state index in [9.17, 15) is 13.2 Å². The topological polar surface area (TPSA) is 94.2 Å². The summed E-state index contributed by atoms with van der Waals surface area (Å²) >= 11 is 1.39. The Morgan fingerprint density at radius 2 is 1.77 bits per heavy atom. The van der Waals surface area contributed by atoms with Crippen LogP contribution in [0.5, 0.6) is 11.5 Å². The van der Waals surface area contributed by atoms with Gasteiger partial charge in [-0.05, 0) is 41.8 Å². The second-order valence-corrected chi connectivity index (χ2v) is 9.66. The zero-order valence-corrected chi connectivity index (χ0v) is 18.7. The van der Waals surface area contributed by atoms with Crippen molar-refractivity contribution >= 4 is 43.0 Å². The Morgan fingerprint density at radius 1 is 1.03 bits per heavy atom. The monoisotopic (exact) mass is 462 g/mol. The van der Waals surface area contributed by atoms with Gasteiger partial charge in [-0.2, -0.15) is 0 Å². The highest BCUT2D eigenvalue weighted by Crippen LogP contribution is 2.32. The number of morpholine rings is 1. The third-order valence-corrected chi connectivity index (χ3v) is 7.43. The number of ether oxygens (including phenoxy) is 3. The van der Waals surface area contributed by atoms with Crippen LogP contribution in [0.2, 0.25) is 0 Å². The first kappa shape index (κ1) is 21.4. The number of anilines is 1. The maximum Gasteiger partial charge on any atom is 0.264 e. The highest BCUT2D eigenvalue weighted by molar-refractivity contribution is 7.92. The number of benzene rings is 2. The van der Waals surface area contributed by atoms with Crippen molar-refractivity contribution in [2.24, 2.45) is 0 Å². The molecule has 31 heavy (non-hydrogen) atoms. The zero-order valence-electron chi connectivity index (χ0n) is 17.1. The van der Waals surface area contributed by atoms with Crippen molar-refractivity contribution in [1.29, 1.82) is 0 Å². The van der Waals surface area contributed by atoms with Crippen molar-refractivity contribution in [3.8, 4) is 11.5 Å². The lowest BCUT2D eigenvalue weighted by atomic mass is 10.2. The molecule has 1 aliphatic rings. The van der Waals surface area contributed by atoms with E-state index in [4.69, 9.17) is 14.2 Å². The highest BCUT2D eigenvalue weighted by Gasteiger charge is 2.21. The van der Waals surface area contributed by atoms with Crippen LogP contribution in [0.3, 0.4) is 0 Å². The van der Waals surface area contributed by atoms with Crippen molar-refractivity contribution in [3.05, 3.63) is 47.3 Å². The van der Waals surface area contributed by atoms with E-state index in [1.165, 1.54) is 37.7 Å². The normalized spacial score (nSPS) is 14.5. The van der Waals surface area contributed by atoms with Gasteiger partial charge in [0.05, 0.1) is 37.2 Å². The SMILES string of the molecule is COc1ccc(S(=O)(=O)Nc2ccc3sc(C(=O)N4CCOCC4)cc3c2)cc1OC. The first-order valence-electron chi connectivity index (χ1n) is 9.57. The van der Waals surface area contributed by atoms with Gasteiger partial charge in [0.1, 0.15) is 0 Å². The number of fused-ring (bicyclic) bond motifs is 1. The van der Waals surface area contributed by atoms with Crippen molar-refractivity contribution in [2.75, 3.05) is 45.2 Å². The third-order valence-electron chi connectivity index (χ3n) is 4.94. The van der Waals surface area contributed by atoms with Crippen LogP contribution in [-0.2, 0) is 14.8 Å². The van der Waals surface area contributed by atoms with Crippen molar-refractivity contribution in [3.63, 3.8) is 0 Å². The first-order valence-corrected chi connectivity index (χ1v) is 11.9. The number of sulfonamides is 1. The molecule has 0 saturated carbocycles. The minimum atomic E-state index is -3.84. The Balaban J connectivity index is 1.58. The third kappa shape index (κ3) is 4.46. The van der Waals surface area contributed by atoms with Crippen molar-refractivity contribution < 1.29 is 27.4 Å². The predicted molar refractivity (Wildman–Crippen MR) is 119 cm³/mol. The van der Waals surface area contributed by atoms with Crippen molar-refractivity contribution in [2.45, 2.75) is 4.90 Å². The quantitative estimate of drug-likeness (QED) is 0.605. The minimum Gasteiger partial charge on any atom is -0.493 e. The van der Waals surface area contributed by atoms with Gasteiger partial charge in [0.15, 0.2) is 11.5 Å². The van der Waals surface area contributed by atoms with E-state index in [0.717, 1.165) is 10.1 Å². The maximum atomic E-state index is 12.8. The first-order chi connectivity index (χ1) is 14.9. The number of carbonyl (C=O) groups excluding carboxylic acids is 1. The summed E-state index contributed by atoms with van der Waals surface area (Å²) < 4.78 is 44.8. The lowest BCUT2D eigenvalue weighted by molar-refractivity contribution is 0.0306. The lowest BCUT2D eigenvalue weighted by Gasteiger charge is -2.26. The Morgan fingerprint density at radius 3 is 2.48 bits per heavy atom. The fourth-order valence-electron chi connectivity index (χ4n) is 3.33. The summed E-state index contributed by atoms with van der Waals surface area (Å²) in [5.74, 6) is 0.737. The molecule has 0 radical (unpaired) electrons. The van der Waals surface area contributed by atoms with Gasteiger partial charge in [0, 0.05) is 29.5 Å². The fourth-order valence-corrected chi connectivity index (χ4v) is 5.41. The van der Waals surface area contributed by atoms with Gasteiger partial charge >= 0.3 is 0 Å². The molecule has 1 aliphatic heterocycles. The van der Waals surface area contributed by atoms with E-state index >= 15 is 0 Å². The van der Waals surface area contributed by atoms with Crippen LogP contribution in [0.25, 0.3) is 10.1 Å². The second kappa shape index (κ2) is 8.74. The smallest absolute Gasteiger partial charge is 0.264 e. The number of rotatable bonds is 6. The summed E-state index contributed by atoms with van der Waals surface area (Å²) in [6, 6.07) is 11.4. The van der Waals surface area contributed by atoms with E-state index in [1.807, 2.05) is 6.07 Å². The van der Waals surface area contributed by atoms with Gasteiger partial charge in [0.2, 0.25) is 0 Å². The molecule has 2 aromatic carbocycles. The molecule has 0 atom stereocenters. The molecule has 1 amide bonds. The second-order valence-electron chi connectivity index (χ2n) is 6.89. The Bertz CT molecular complexity index is 1220. The number of nitrogens with zero attached hydrogens (tertiary/aromatic N) is 1. The van der Waals surface area contributed by atoms with Crippen LogP contribution < -0.4 is 14.2 Å². The summed E-state index contributed by atoms with van der Waals surface area (Å²) in [6.07, 6.45) is 0. The lowest BCUT2D eigenvalue weighted by Crippen LogP contribution is -2.40. The van der Waals surface area contributed by atoms with Gasteiger partial charge < -0.3 is 19.1 Å². The van der Waals surface area contributed by atoms with Gasteiger partial charge in [-0.3, -0.25) is 9.52 Å². The standard InChI is InChI=1S/C21H22N2O6S2/c1-27-17-5-4-16(13-18(17)28-2)31(25,26)22-15-3-6-19-14(11-15)12-20(30-19)21(24)23-7-9-29-10-8-23/h3-6,11-13,22H,7-10H2,1-2H3. The predicted octanol–water partition coefficient (Wildman–Crippen LogP) is 3.19. The molecule has 1 aromatic heterocycles. The molecule has 0 unspecified atom stereocenters. The summed E-state index contributed by atoms with van der Waals surface area (Å²) in [7, 11) is -0.906. The van der Waals surface area contributed by atoms with Gasteiger partial charge in [-0.25, -0.2) is 8.42 Å². The Labute approximate surface area is 184 Å². The average Bonchev–Trinajstić information content (AvgIpc) is 3.21. The number of nitrogens with one attached hydrogen (secondary N) is 1.